The molecular weight excluding hydrogens is 399 g/mol. The number of fused-ring (bicyclic) bond motifs is 1. The lowest BCUT2D eigenvalue weighted by atomic mass is 9.92. The summed E-state index contributed by atoms with van der Waals surface area (Å²) >= 11 is 1.75. The van der Waals surface area contributed by atoms with Gasteiger partial charge >= 0.3 is 6.03 Å². The van der Waals surface area contributed by atoms with Gasteiger partial charge in [0.05, 0.1) is 13.2 Å². The van der Waals surface area contributed by atoms with Crippen molar-refractivity contribution < 1.29 is 13.9 Å². The maximum atomic E-state index is 13.6. The molecule has 4 rings (SSSR count). The maximum absolute atomic E-state index is 13.6. The van der Waals surface area contributed by atoms with E-state index in [1.807, 2.05) is 29.2 Å². The molecule has 156 valence electrons. The number of halogens is 1. The number of nitrogens with zero attached hydrogens (tertiary/aromatic N) is 1. The summed E-state index contributed by atoms with van der Waals surface area (Å²) < 4.78 is 18.8. The molecule has 0 spiro atoms. The zero-order chi connectivity index (χ0) is 21.3. The zero-order valence-electron chi connectivity index (χ0n) is 17.4. The molecule has 0 unspecified atom stereocenters. The average Bonchev–Trinajstić information content (AvgIpc) is 3.09. The van der Waals surface area contributed by atoms with Crippen LogP contribution in [0.4, 0.5) is 14.9 Å². The van der Waals surface area contributed by atoms with Crippen LogP contribution >= 0.6 is 11.3 Å². The smallest absolute Gasteiger partial charge is 0.322 e. The van der Waals surface area contributed by atoms with Crippen molar-refractivity contribution in [2.75, 3.05) is 19.0 Å². The first-order valence-electron chi connectivity index (χ1n) is 10.1. The van der Waals surface area contributed by atoms with E-state index >= 15 is 0 Å². The van der Waals surface area contributed by atoms with Crippen molar-refractivity contribution in [2.24, 2.45) is 0 Å². The van der Waals surface area contributed by atoms with Gasteiger partial charge in [-0.3, -0.25) is 0 Å². The first-order chi connectivity index (χ1) is 14.5. The van der Waals surface area contributed by atoms with Crippen LogP contribution in [0.15, 0.2) is 48.5 Å². The Bertz CT molecular complexity index is 1040. The van der Waals surface area contributed by atoms with Crippen molar-refractivity contribution in [3.8, 4) is 5.75 Å². The molecule has 1 N–H and O–H groups in total. The van der Waals surface area contributed by atoms with Crippen molar-refractivity contribution in [1.82, 2.24) is 4.90 Å². The molecule has 0 fully saturated rings. The van der Waals surface area contributed by atoms with Crippen LogP contribution in [-0.4, -0.2) is 24.6 Å². The second-order valence-corrected chi connectivity index (χ2v) is 8.65. The number of urea groups is 1. The van der Waals surface area contributed by atoms with Gasteiger partial charge in [0.1, 0.15) is 11.6 Å². The number of methoxy groups -OCH3 is 1. The predicted octanol–water partition coefficient (Wildman–Crippen LogP) is 5.95. The molecule has 4 nitrogen and oxygen atoms in total. The van der Waals surface area contributed by atoms with E-state index in [4.69, 9.17) is 4.74 Å². The summed E-state index contributed by atoms with van der Waals surface area (Å²) in [5.41, 5.74) is 4.37. The minimum absolute atomic E-state index is 0.163. The highest BCUT2D eigenvalue weighted by atomic mass is 32.1. The number of nitrogens with one attached hydrogen (secondary N) is 1. The van der Waals surface area contributed by atoms with E-state index < -0.39 is 0 Å². The van der Waals surface area contributed by atoms with Gasteiger partial charge in [0.25, 0.3) is 0 Å². The van der Waals surface area contributed by atoms with Crippen molar-refractivity contribution in [3.05, 3.63) is 80.8 Å². The van der Waals surface area contributed by atoms with Gasteiger partial charge in [-0.1, -0.05) is 19.1 Å². The molecule has 3 aromatic rings. The molecule has 30 heavy (non-hydrogen) atoms. The van der Waals surface area contributed by atoms with Crippen LogP contribution in [0, 0.1) is 12.7 Å². The van der Waals surface area contributed by atoms with Crippen LogP contribution in [0.25, 0.3) is 0 Å². The summed E-state index contributed by atoms with van der Waals surface area (Å²) in [6.07, 6.45) is 1.81. The summed E-state index contributed by atoms with van der Waals surface area (Å²) in [7, 11) is 1.61. The fourth-order valence-electron chi connectivity index (χ4n) is 4.17. The number of ether oxygens (including phenoxy) is 1. The van der Waals surface area contributed by atoms with Crippen molar-refractivity contribution in [3.63, 3.8) is 0 Å². The van der Waals surface area contributed by atoms with Crippen molar-refractivity contribution in [2.45, 2.75) is 32.7 Å². The Balaban J connectivity index is 1.69. The van der Waals surface area contributed by atoms with Crippen LogP contribution in [0.1, 0.15) is 39.4 Å². The molecule has 0 radical (unpaired) electrons. The molecule has 1 atom stereocenters. The Labute approximate surface area is 180 Å². The highest BCUT2D eigenvalue weighted by Gasteiger charge is 2.35. The molecule has 1 aromatic heterocycles. The standard InChI is InChI=1S/C24H25FN2O2S/c1-4-20-15(2)30-23-21(20)13-14-27(22(23)16-5-7-17(25)8-6-16)24(28)26-18-9-11-19(29-3)12-10-18/h5-12,22H,4,13-14H2,1-3H3,(H,26,28)/t22-/m1/s1. The first kappa shape index (κ1) is 20.4. The predicted molar refractivity (Wildman–Crippen MR) is 119 cm³/mol. The van der Waals surface area contributed by atoms with Gasteiger partial charge in [0.2, 0.25) is 0 Å². The third kappa shape index (κ3) is 3.79. The van der Waals surface area contributed by atoms with Gasteiger partial charge in [-0.05, 0) is 72.9 Å². The number of benzene rings is 2. The molecule has 0 saturated carbocycles. The molecule has 1 aliphatic heterocycles. The molecule has 2 amide bonds. The normalized spacial score (nSPS) is 15.6. The minimum Gasteiger partial charge on any atom is -0.497 e. The van der Waals surface area contributed by atoms with Crippen LogP contribution in [0.5, 0.6) is 5.75 Å². The van der Waals surface area contributed by atoms with Crippen LogP contribution in [0.2, 0.25) is 0 Å². The SMILES string of the molecule is CCc1c(C)sc2c1CCN(C(=O)Nc1ccc(OC)cc1)[C@@H]2c1ccc(F)cc1. The summed E-state index contributed by atoms with van der Waals surface area (Å²) in [5.74, 6) is 0.460. The molecule has 1 aliphatic rings. The molecule has 2 aromatic carbocycles. The second-order valence-electron chi connectivity index (χ2n) is 7.39. The summed E-state index contributed by atoms with van der Waals surface area (Å²) in [6.45, 7) is 4.93. The molecule has 0 aliphatic carbocycles. The number of aryl methyl sites for hydroxylation is 1. The maximum Gasteiger partial charge on any atom is 0.322 e. The van der Waals surface area contributed by atoms with Gasteiger partial charge in [-0.25, -0.2) is 9.18 Å². The lowest BCUT2D eigenvalue weighted by Crippen LogP contribution is -2.42. The number of amides is 2. The Kier molecular flexibility index (Phi) is 5.77. The van der Waals surface area contributed by atoms with Gasteiger partial charge < -0.3 is 15.0 Å². The van der Waals surface area contributed by atoms with Gasteiger partial charge in [0, 0.05) is 22.0 Å². The lowest BCUT2D eigenvalue weighted by Gasteiger charge is -2.36. The van der Waals surface area contributed by atoms with Crippen LogP contribution in [-0.2, 0) is 12.8 Å². The summed E-state index contributed by atoms with van der Waals surface area (Å²) in [5, 5.41) is 3.00. The molecule has 0 saturated heterocycles. The van der Waals surface area contributed by atoms with Gasteiger partial charge in [0.15, 0.2) is 0 Å². The fourth-order valence-corrected chi connectivity index (χ4v) is 5.62. The van der Waals surface area contributed by atoms with E-state index in [1.165, 1.54) is 33.0 Å². The third-order valence-electron chi connectivity index (χ3n) is 5.65. The van der Waals surface area contributed by atoms with Gasteiger partial charge in [-0.2, -0.15) is 0 Å². The first-order valence-corrected chi connectivity index (χ1v) is 10.9. The highest BCUT2D eigenvalue weighted by Crippen LogP contribution is 2.43. The van der Waals surface area contributed by atoms with Crippen LogP contribution < -0.4 is 10.1 Å². The number of rotatable bonds is 4. The van der Waals surface area contributed by atoms with E-state index in [2.05, 4.69) is 19.2 Å². The summed E-state index contributed by atoms with van der Waals surface area (Å²) in [4.78, 5) is 17.6. The van der Waals surface area contributed by atoms with E-state index in [1.54, 1.807) is 30.6 Å². The number of carbonyl (C=O) groups excluding carboxylic acids is 1. The molecule has 0 bridgehead atoms. The second kappa shape index (κ2) is 8.48. The topological polar surface area (TPSA) is 41.6 Å². The van der Waals surface area contributed by atoms with E-state index in [0.717, 1.165) is 24.2 Å². The quantitative estimate of drug-likeness (QED) is 0.563. The van der Waals surface area contributed by atoms with E-state index in [-0.39, 0.29) is 17.9 Å². The Morgan fingerprint density at radius 3 is 2.53 bits per heavy atom. The van der Waals surface area contributed by atoms with Crippen molar-refractivity contribution in [1.29, 1.82) is 0 Å². The Morgan fingerprint density at radius 1 is 1.20 bits per heavy atom. The number of hydrogen-bond acceptors (Lipinski definition) is 3. The monoisotopic (exact) mass is 424 g/mol. The lowest BCUT2D eigenvalue weighted by molar-refractivity contribution is 0.195. The molecule has 2 heterocycles. The number of hydrogen-bond donors (Lipinski definition) is 1. The number of carbonyl (C=O) groups is 1. The summed E-state index contributed by atoms with van der Waals surface area (Å²) in [6, 6.07) is 13.4. The Hall–Kier alpha value is -2.86. The third-order valence-corrected chi connectivity index (χ3v) is 6.90. The average molecular weight is 425 g/mol. The Morgan fingerprint density at radius 2 is 1.90 bits per heavy atom. The minimum atomic E-state index is -0.277. The number of anilines is 1. The molecule has 6 heteroatoms. The largest absolute Gasteiger partial charge is 0.497 e. The van der Waals surface area contributed by atoms with Crippen molar-refractivity contribution >= 4 is 23.1 Å². The van der Waals surface area contributed by atoms with Crippen LogP contribution in [0.3, 0.4) is 0 Å². The fraction of sp³-hybridized carbons (Fsp3) is 0.292. The number of thiophene rings is 1. The van der Waals surface area contributed by atoms with E-state index in [0.29, 0.717) is 12.2 Å². The van der Waals surface area contributed by atoms with E-state index in [9.17, 15) is 9.18 Å². The zero-order valence-corrected chi connectivity index (χ0v) is 18.2. The van der Waals surface area contributed by atoms with Gasteiger partial charge in [-0.15, -0.1) is 11.3 Å². The highest BCUT2D eigenvalue weighted by molar-refractivity contribution is 7.12. The molecular formula is C24H25FN2O2S.